The number of aromatic nitrogens is 3. The van der Waals surface area contributed by atoms with Crippen molar-refractivity contribution < 1.29 is 4.74 Å². The maximum Gasteiger partial charge on any atom is 0.232 e. The summed E-state index contributed by atoms with van der Waals surface area (Å²) in [6, 6.07) is 7.60. The average Bonchev–Trinajstić information content (AvgIpc) is 2.53. The zero-order valence-corrected chi connectivity index (χ0v) is 15.1. The summed E-state index contributed by atoms with van der Waals surface area (Å²) >= 11 is 0. The molecule has 0 spiro atoms. The number of nitrogens with zero attached hydrogens (tertiary/aromatic N) is 4. The van der Waals surface area contributed by atoms with Gasteiger partial charge in [-0.2, -0.15) is 15.0 Å². The number of piperidine rings is 1. The Bertz CT molecular complexity index is 712. The fourth-order valence-corrected chi connectivity index (χ4v) is 3.52. The predicted molar refractivity (Wildman–Crippen MR) is 98.7 cm³/mol. The monoisotopic (exact) mass is 342 g/mol. The maximum absolute atomic E-state index is 5.88. The van der Waals surface area contributed by atoms with E-state index in [2.05, 4.69) is 39.0 Å². The van der Waals surface area contributed by atoms with Crippen LogP contribution in [0.4, 0.5) is 17.6 Å². The molecule has 0 unspecified atom stereocenters. The fraction of sp³-hybridized carbons (Fsp3) is 0.500. The molecule has 3 rings (SSSR count). The Morgan fingerprint density at radius 3 is 2.68 bits per heavy atom. The Balaban J connectivity index is 1.73. The third-order valence-electron chi connectivity index (χ3n) is 4.33. The molecule has 1 aromatic heterocycles. The lowest BCUT2D eigenvalue weighted by molar-refractivity contribution is 0.131. The number of nitrogen functional groups attached to an aromatic ring is 1. The lowest BCUT2D eigenvalue weighted by atomic mass is 9.92. The SMILES string of the molecule is COc1cccc(Nc2nc(N)nc(CN3C[C@@H](C)C[C@H](C)C3)n2)c1. The van der Waals surface area contributed by atoms with Gasteiger partial charge in [-0.05, 0) is 30.4 Å². The van der Waals surface area contributed by atoms with E-state index >= 15 is 0 Å². The highest BCUT2D eigenvalue weighted by molar-refractivity contribution is 5.56. The van der Waals surface area contributed by atoms with E-state index in [4.69, 9.17) is 10.5 Å². The molecule has 0 radical (unpaired) electrons. The van der Waals surface area contributed by atoms with Gasteiger partial charge in [-0.3, -0.25) is 4.90 Å². The normalized spacial score (nSPS) is 21.1. The zero-order valence-electron chi connectivity index (χ0n) is 15.1. The van der Waals surface area contributed by atoms with Crippen molar-refractivity contribution >= 4 is 17.6 Å². The molecular weight excluding hydrogens is 316 g/mol. The van der Waals surface area contributed by atoms with Gasteiger partial charge in [0.05, 0.1) is 13.7 Å². The van der Waals surface area contributed by atoms with Crippen LogP contribution in [0, 0.1) is 11.8 Å². The van der Waals surface area contributed by atoms with Crippen molar-refractivity contribution in [1.82, 2.24) is 19.9 Å². The Morgan fingerprint density at radius 2 is 1.96 bits per heavy atom. The first kappa shape index (κ1) is 17.4. The van der Waals surface area contributed by atoms with Crippen LogP contribution in [0.15, 0.2) is 24.3 Å². The van der Waals surface area contributed by atoms with Gasteiger partial charge in [0, 0.05) is 24.8 Å². The summed E-state index contributed by atoms with van der Waals surface area (Å²) < 4.78 is 5.24. The van der Waals surface area contributed by atoms with Crippen LogP contribution < -0.4 is 15.8 Å². The molecule has 7 nitrogen and oxygen atoms in total. The van der Waals surface area contributed by atoms with Crippen LogP contribution in [0.1, 0.15) is 26.1 Å². The van der Waals surface area contributed by atoms with Gasteiger partial charge in [0.2, 0.25) is 11.9 Å². The molecule has 0 saturated carbocycles. The van der Waals surface area contributed by atoms with Crippen molar-refractivity contribution in [2.45, 2.75) is 26.8 Å². The van der Waals surface area contributed by atoms with Gasteiger partial charge >= 0.3 is 0 Å². The second-order valence-corrected chi connectivity index (χ2v) is 6.93. The quantitative estimate of drug-likeness (QED) is 0.863. The Morgan fingerprint density at radius 1 is 1.20 bits per heavy atom. The van der Waals surface area contributed by atoms with Crippen molar-refractivity contribution in [3.05, 3.63) is 30.1 Å². The minimum Gasteiger partial charge on any atom is -0.497 e. The standard InChI is InChI=1S/C18H26N6O/c1-12-7-13(2)10-24(9-12)11-16-21-17(19)23-18(22-16)20-14-5-4-6-15(8-14)25-3/h4-6,8,12-13H,7,9-11H2,1-3H3,(H3,19,20,21,22,23)/t12-,13-/m0/s1. The predicted octanol–water partition coefficient (Wildman–Crippen LogP) is 2.68. The Labute approximate surface area is 148 Å². The minimum absolute atomic E-state index is 0.230. The number of hydrogen-bond acceptors (Lipinski definition) is 7. The third kappa shape index (κ3) is 4.79. The molecule has 1 aliphatic rings. The lowest BCUT2D eigenvalue weighted by Crippen LogP contribution is -2.38. The van der Waals surface area contributed by atoms with Gasteiger partial charge in [-0.25, -0.2) is 0 Å². The van der Waals surface area contributed by atoms with Crippen molar-refractivity contribution in [1.29, 1.82) is 0 Å². The molecule has 3 N–H and O–H groups in total. The number of rotatable bonds is 5. The number of benzene rings is 1. The van der Waals surface area contributed by atoms with Crippen LogP contribution in [0.2, 0.25) is 0 Å². The molecule has 0 amide bonds. The maximum atomic E-state index is 5.88. The fourth-order valence-electron chi connectivity index (χ4n) is 3.52. The summed E-state index contributed by atoms with van der Waals surface area (Å²) in [4.78, 5) is 15.4. The molecule has 0 aliphatic carbocycles. The van der Waals surface area contributed by atoms with Crippen molar-refractivity contribution in [2.75, 3.05) is 31.2 Å². The highest BCUT2D eigenvalue weighted by atomic mass is 16.5. The van der Waals surface area contributed by atoms with E-state index in [9.17, 15) is 0 Å². The van der Waals surface area contributed by atoms with Gasteiger partial charge in [-0.15, -0.1) is 0 Å². The van der Waals surface area contributed by atoms with Crippen LogP contribution in [-0.4, -0.2) is 40.1 Å². The van der Waals surface area contributed by atoms with Gasteiger partial charge in [-0.1, -0.05) is 19.9 Å². The number of nitrogens with two attached hydrogens (primary N) is 1. The largest absolute Gasteiger partial charge is 0.497 e. The number of methoxy groups -OCH3 is 1. The summed E-state index contributed by atoms with van der Waals surface area (Å²) in [5, 5.41) is 3.17. The number of likely N-dealkylation sites (tertiary alicyclic amines) is 1. The van der Waals surface area contributed by atoms with Gasteiger partial charge < -0.3 is 15.8 Å². The molecule has 1 saturated heterocycles. The smallest absolute Gasteiger partial charge is 0.232 e. The highest BCUT2D eigenvalue weighted by Gasteiger charge is 2.22. The van der Waals surface area contributed by atoms with E-state index in [0.29, 0.717) is 30.2 Å². The van der Waals surface area contributed by atoms with Crippen molar-refractivity contribution in [3.63, 3.8) is 0 Å². The first-order valence-electron chi connectivity index (χ1n) is 8.65. The number of hydrogen-bond donors (Lipinski definition) is 2. The number of nitrogens with one attached hydrogen (secondary N) is 1. The lowest BCUT2D eigenvalue weighted by Gasteiger charge is -2.34. The molecule has 2 aromatic rings. The molecule has 25 heavy (non-hydrogen) atoms. The average molecular weight is 342 g/mol. The zero-order chi connectivity index (χ0) is 17.8. The van der Waals surface area contributed by atoms with Crippen LogP contribution in [-0.2, 0) is 6.54 Å². The molecule has 0 bridgehead atoms. The van der Waals surface area contributed by atoms with E-state index in [1.807, 2.05) is 24.3 Å². The first-order chi connectivity index (χ1) is 12.0. The molecule has 1 fully saturated rings. The van der Waals surface area contributed by atoms with Gasteiger partial charge in [0.1, 0.15) is 11.6 Å². The Hall–Kier alpha value is -2.41. The second-order valence-electron chi connectivity index (χ2n) is 6.93. The van der Waals surface area contributed by atoms with E-state index < -0.39 is 0 Å². The molecule has 7 heteroatoms. The summed E-state index contributed by atoms with van der Waals surface area (Å²) in [7, 11) is 1.64. The van der Waals surface area contributed by atoms with Crippen molar-refractivity contribution in [2.24, 2.45) is 11.8 Å². The van der Waals surface area contributed by atoms with E-state index in [0.717, 1.165) is 24.5 Å². The third-order valence-corrected chi connectivity index (χ3v) is 4.33. The van der Waals surface area contributed by atoms with Gasteiger partial charge in [0.25, 0.3) is 0 Å². The minimum atomic E-state index is 0.230. The number of ether oxygens (including phenoxy) is 1. The first-order valence-corrected chi connectivity index (χ1v) is 8.65. The van der Waals surface area contributed by atoms with Crippen LogP contribution >= 0.6 is 0 Å². The molecule has 1 aromatic carbocycles. The summed E-state index contributed by atoms with van der Waals surface area (Å²) in [5.41, 5.74) is 6.73. The molecule has 1 aliphatic heterocycles. The van der Waals surface area contributed by atoms with Gasteiger partial charge in [0.15, 0.2) is 0 Å². The van der Waals surface area contributed by atoms with Crippen LogP contribution in [0.3, 0.4) is 0 Å². The van der Waals surface area contributed by atoms with Crippen molar-refractivity contribution in [3.8, 4) is 5.75 Å². The molecule has 2 heterocycles. The second kappa shape index (κ2) is 7.65. The summed E-state index contributed by atoms with van der Waals surface area (Å²) in [6.45, 7) is 7.40. The van der Waals surface area contributed by atoms with Crippen LogP contribution in [0.5, 0.6) is 5.75 Å². The van der Waals surface area contributed by atoms with Crippen LogP contribution in [0.25, 0.3) is 0 Å². The number of anilines is 3. The summed E-state index contributed by atoms with van der Waals surface area (Å²) in [5.74, 6) is 3.53. The van der Waals surface area contributed by atoms with E-state index in [-0.39, 0.29) is 5.95 Å². The molecule has 2 atom stereocenters. The topological polar surface area (TPSA) is 89.2 Å². The molecule has 134 valence electrons. The Kier molecular flexibility index (Phi) is 5.33. The van der Waals surface area contributed by atoms with E-state index in [1.54, 1.807) is 7.11 Å². The summed E-state index contributed by atoms with van der Waals surface area (Å²) in [6.07, 6.45) is 1.28. The van der Waals surface area contributed by atoms with E-state index in [1.165, 1.54) is 6.42 Å². The highest BCUT2D eigenvalue weighted by Crippen LogP contribution is 2.23. The molecular formula is C18H26N6O.